The molecule has 0 fully saturated rings. The Morgan fingerprint density at radius 3 is 2.47 bits per heavy atom. The van der Waals surface area contributed by atoms with E-state index in [1.807, 2.05) is 30.3 Å². The molecule has 1 heterocycles. The Morgan fingerprint density at radius 2 is 1.85 bits per heavy atom. The van der Waals surface area contributed by atoms with Crippen molar-refractivity contribution < 1.29 is 24.0 Å². The van der Waals surface area contributed by atoms with E-state index in [0.717, 1.165) is 10.5 Å². The van der Waals surface area contributed by atoms with E-state index in [2.05, 4.69) is 5.32 Å². The molecule has 10 nitrogen and oxygen atoms in total. The molecule has 0 aromatic heterocycles. The van der Waals surface area contributed by atoms with Crippen LogP contribution in [0, 0.1) is 10.1 Å². The summed E-state index contributed by atoms with van der Waals surface area (Å²) in [5.41, 5.74) is 1.08. The van der Waals surface area contributed by atoms with Crippen molar-refractivity contribution in [2.45, 2.75) is 39.5 Å². The topological polar surface area (TPSA) is 122 Å². The van der Waals surface area contributed by atoms with Gasteiger partial charge in [0.25, 0.3) is 5.69 Å². The molecule has 0 saturated carbocycles. The van der Waals surface area contributed by atoms with Gasteiger partial charge in [0, 0.05) is 31.4 Å². The van der Waals surface area contributed by atoms with Crippen molar-refractivity contribution in [2.24, 2.45) is 0 Å². The lowest BCUT2D eigenvalue weighted by atomic mass is 9.93. The number of hydrogen-bond donors (Lipinski definition) is 1. The third-order valence-electron chi connectivity index (χ3n) is 5.20. The fraction of sp³-hybridized carbons (Fsp3) is 0.292. The van der Waals surface area contributed by atoms with Crippen LogP contribution in [-0.4, -0.2) is 45.9 Å². The number of urea groups is 2. The zero-order valence-electron chi connectivity index (χ0n) is 19.3. The van der Waals surface area contributed by atoms with Crippen LogP contribution >= 0.6 is 0 Å². The van der Waals surface area contributed by atoms with Crippen molar-refractivity contribution in [1.82, 2.24) is 15.1 Å². The molecule has 1 aliphatic rings. The van der Waals surface area contributed by atoms with Gasteiger partial charge in [-0.1, -0.05) is 42.5 Å². The number of ether oxygens (including phenoxy) is 1. The minimum Gasteiger partial charge on any atom is -0.459 e. The lowest BCUT2D eigenvalue weighted by molar-refractivity contribution is -0.384. The average molecular weight is 466 g/mol. The van der Waals surface area contributed by atoms with Gasteiger partial charge in [-0.2, -0.15) is 0 Å². The number of carbonyl (C=O) groups is 3. The molecule has 0 spiro atoms. The summed E-state index contributed by atoms with van der Waals surface area (Å²) >= 11 is 0. The number of nitrogens with zero attached hydrogens (tertiary/aromatic N) is 3. The molecule has 0 bridgehead atoms. The molecule has 1 N–H and O–H groups in total. The summed E-state index contributed by atoms with van der Waals surface area (Å²) in [6, 6.07) is 12.1. The highest BCUT2D eigenvalue weighted by molar-refractivity contribution is 6.01. The first kappa shape index (κ1) is 24.4. The lowest BCUT2D eigenvalue weighted by Crippen LogP contribution is -2.54. The van der Waals surface area contributed by atoms with Crippen molar-refractivity contribution in [3.8, 4) is 0 Å². The number of non-ortho nitro benzene ring substituents is 1. The second kappa shape index (κ2) is 10.2. The molecule has 2 aromatic carbocycles. The van der Waals surface area contributed by atoms with Gasteiger partial charge >= 0.3 is 18.0 Å². The molecule has 0 radical (unpaired) electrons. The van der Waals surface area contributed by atoms with Crippen LogP contribution in [0.3, 0.4) is 0 Å². The van der Waals surface area contributed by atoms with Gasteiger partial charge in [-0.15, -0.1) is 0 Å². The Kier molecular flexibility index (Phi) is 7.30. The Morgan fingerprint density at radius 1 is 1.18 bits per heavy atom. The van der Waals surface area contributed by atoms with Gasteiger partial charge in [-0.3, -0.25) is 10.1 Å². The van der Waals surface area contributed by atoms with E-state index in [9.17, 15) is 24.5 Å². The maximum absolute atomic E-state index is 13.5. The van der Waals surface area contributed by atoms with Gasteiger partial charge in [0.15, 0.2) is 0 Å². The van der Waals surface area contributed by atoms with Crippen LogP contribution in [-0.2, 0) is 16.1 Å². The maximum Gasteiger partial charge on any atom is 0.338 e. The van der Waals surface area contributed by atoms with Gasteiger partial charge in [0.2, 0.25) is 0 Å². The van der Waals surface area contributed by atoms with Crippen molar-refractivity contribution in [2.75, 3.05) is 7.05 Å². The van der Waals surface area contributed by atoms with Crippen LogP contribution in [0.4, 0.5) is 15.3 Å². The van der Waals surface area contributed by atoms with E-state index in [1.54, 1.807) is 13.8 Å². The molecule has 178 valence electrons. The molecule has 10 heteroatoms. The van der Waals surface area contributed by atoms with Gasteiger partial charge < -0.3 is 15.0 Å². The number of amides is 4. The van der Waals surface area contributed by atoms with E-state index in [0.29, 0.717) is 0 Å². The Labute approximate surface area is 196 Å². The second-order valence-electron chi connectivity index (χ2n) is 8.17. The van der Waals surface area contributed by atoms with Crippen molar-refractivity contribution in [1.29, 1.82) is 0 Å². The van der Waals surface area contributed by atoms with Gasteiger partial charge in [-0.25, -0.2) is 19.3 Å². The number of hydrogen-bond acceptors (Lipinski definition) is 6. The number of allylic oxidation sites excluding steroid dienone is 1. The Bertz CT molecular complexity index is 1150. The molecular formula is C24H26N4O6. The van der Waals surface area contributed by atoms with Gasteiger partial charge in [-0.05, 0) is 31.9 Å². The van der Waals surface area contributed by atoms with E-state index in [4.69, 9.17) is 4.74 Å². The molecule has 1 aliphatic heterocycles. The van der Waals surface area contributed by atoms with Crippen LogP contribution in [0.2, 0.25) is 0 Å². The highest BCUT2D eigenvalue weighted by Crippen LogP contribution is 2.36. The summed E-state index contributed by atoms with van der Waals surface area (Å²) in [4.78, 5) is 52.6. The number of nitrogens with one attached hydrogen (secondary N) is 1. The molecule has 3 rings (SSSR count). The van der Waals surface area contributed by atoms with Crippen molar-refractivity contribution in [3.05, 3.63) is 87.1 Å². The number of carbonyl (C=O) groups excluding carboxylic acids is 3. The maximum atomic E-state index is 13.5. The van der Waals surface area contributed by atoms with E-state index >= 15 is 0 Å². The predicted molar refractivity (Wildman–Crippen MR) is 123 cm³/mol. The minimum atomic E-state index is -1.22. The van der Waals surface area contributed by atoms with Crippen LogP contribution in [0.5, 0.6) is 0 Å². The molecular weight excluding hydrogens is 440 g/mol. The van der Waals surface area contributed by atoms with Crippen LogP contribution in [0.25, 0.3) is 0 Å². The monoisotopic (exact) mass is 466 g/mol. The number of imide groups is 1. The van der Waals surface area contributed by atoms with E-state index in [1.165, 1.54) is 43.1 Å². The number of benzene rings is 2. The standard InChI is InChI=1S/C24H26N4O6/c1-15(2)34-22(29)20-16(3)25-23(30)27(21(20)18-11-8-12-19(13-18)28(32)33)24(31)26(4)14-17-9-6-5-7-10-17/h5-13,15,21H,14H2,1-4H3,(H,25,30). The lowest BCUT2D eigenvalue weighted by Gasteiger charge is -2.38. The first-order valence-corrected chi connectivity index (χ1v) is 10.7. The highest BCUT2D eigenvalue weighted by atomic mass is 16.6. The third-order valence-corrected chi connectivity index (χ3v) is 5.20. The fourth-order valence-electron chi connectivity index (χ4n) is 3.71. The smallest absolute Gasteiger partial charge is 0.338 e. The molecule has 0 aliphatic carbocycles. The largest absolute Gasteiger partial charge is 0.459 e. The number of esters is 1. The first-order valence-electron chi connectivity index (χ1n) is 10.7. The highest BCUT2D eigenvalue weighted by Gasteiger charge is 2.43. The van der Waals surface area contributed by atoms with Gasteiger partial charge in [0.1, 0.15) is 6.04 Å². The molecule has 34 heavy (non-hydrogen) atoms. The zero-order valence-corrected chi connectivity index (χ0v) is 19.3. The molecule has 0 saturated heterocycles. The van der Waals surface area contributed by atoms with Crippen LogP contribution < -0.4 is 5.32 Å². The third kappa shape index (κ3) is 5.22. The summed E-state index contributed by atoms with van der Waals surface area (Å²) in [6.07, 6.45) is -0.457. The predicted octanol–water partition coefficient (Wildman–Crippen LogP) is 4.14. The number of nitro groups is 1. The normalized spacial score (nSPS) is 15.7. The molecule has 1 unspecified atom stereocenters. The summed E-state index contributed by atoms with van der Waals surface area (Å²) in [5, 5.41) is 13.9. The Balaban J connectivity index is 2.09. The average Bonchev–Trinajstić information content (AvgIpc) is 2.78. The quantitative estimate of drug-likeness (QED) is 0.388. The van der Waals surface area contributed by atoms with Crippen LogP contribution in [0.1, 0.15) is 37.9 Å². The molecule has 4 amide bonds. The number of nitro benzene ring substituents is 1. The van der Waals surface area contributed by atoms with Crippen molar-refractivity contribution >= 4 is 23.7 Å². The molecule has 2 aromatic rings. The van der Waals surface area contributed by atoms with E-state index < -0.39 is 35.1 Å². The first-order chi connectivity index (χ1) is 16.1. The van der Waals surface area contributed by atoms with Gasteiger partial charge in [0.05, 0.1) is 16.6 Å². The van der Waals surface area contributed by atoms with Crippen molar-refractivity contribution in [3.63, 3.8) is 0 Å². The summed E-state index contributed by atoms with van der Waals surface area (Å²) < 4.78 is 5.38. The SMILES string of the molecule is CC1=C(C(=O)OC(C)C)C(c2cccc([N+](=O)[O-])c2)N(C(=O)N(C)Cc2ccccc2)C(=O)N1. The Hall–Kier alpha value is -4.21. The second-order valence-corrected chi connectivity index (χ2v) is 8.17. The molecule has 1 atom stereocenters. The van der Waals surface area contributed by atoms with Crippen LogP contribution in [0.15, 0.2) is 65.9 Å². The number of rotatable bonds is 6. The summed E-state index contributed by atoms with van der Waals surface area (Å²) in [5.74, 6) is -0.729. The minimum absolute atomic E-state index is 0.0234. The zero-order chi connectivity index (χ0) is 25.0. The fourth-order valence-corrected chi connectivity index (χ4v) is 3.71. The summed E-state index contributed by atoms with van der Waals surface area (Å²) in [7, 11) is 1.53. The summed E-state index contributed by atoms with van der Waals surface area (Å²) in [6.45, 7) is 5.08. The van der Waals surface area contributed by atoms with E-state index in [-0.39, 0.29) is 29.1 Å².